The van der Waals surface area contributed by atoms with Crippen LogP contribution in [-0.2, 0) is 5.41 Å². The lowest BCUT2D eigenvalue weighted by atomic mass is 9.83. The Morgan fingerprint density at radius 2 is 1.53 bits per heavy atom. The second kappa shape index (κ2) is 3.88. The lowest BCUT2D eigenvalue weighted by Gasteiger charge is -2.25. The molecule has 1 aromatic carbocycles. The summed E-state index contributed by atoms with van der Waals surface area (Å²) in [4.78, 5) is 0. The molecule has 0 aliphatic carbocycles. The van der Waals surface area contributed by atoms with Crippen molar-refractivity contribution in [3.05, 3.63) is 28.3 Å². The van der Waals surface area contributed by atoms with Crippen LogP contribution < -0.4 is 4.74 Å². The van der Waals surface area contributed by atoms with Gasteiger partial charge in [0.05, 0.1) is 7.11 Å². The maximum Gasteiger partial charge on any atom is 0.125 e. The van der Waals surface area contributed by atoms with Crippen molar-refractivity contribution in [2.45, 2.75) is 47.0 Å². The van der Waals surface area contributed by atoms with Gasteiger partial charge in [-0.05, 0) is 42.9 Å². The maximum atomic E-state index is 5.54. The third-order valence-corrected chi connectivity index (χ3v) is 3.11. The highest BCUT2D eigenvalue weighted by molar-refractivity contribution is 5.51. The van der Waals surface area contributed by atoms with E-state index in [4.69, 9.17) is 4.74 Å². The van der Waals surface area contributed by atoms with E-state index in [9.17, 15) is 0 Å². The van der Waals surface area contributed by atoms with E-state index < -0.39 is 0 Å². The Labute approximate surface area is 93.5 Å². The minimum Gasteiger partial charge on any atom is -0.496 e. The first-order valence-electron chi connectivity index (χ1n) is 5.44. The number of hydrogen-bond donors (Lipinski definition) is 0. The summed E-state index contributed by atoms with van der Waals surface area (Å²) in [5.74, 6) is 1.05. The van der Waals surface area contributed by atoms with E-state index in [1.165, 1.54) is 22.3 Å². The monoisotopic (exact) mass is 206 g/mol. The summed E-state index contributed by atoms with van der Waals surface area (Å²) in [5, 5.41) is 0. The van der Waals surface area contributed by atoms with Gasteiger partial charge in [-0.2, -0.15) is 0 Å². The molecule has 0 fully saturated rings. The molecule has 0 aromatic heterocycles. The zero-order valence-corrected chi connectivity index (χ0v) is 11.0. The van der Waals surface area contributed by atoms with Crippen LogP contribution in [0.3, 0.4) is 0 Å². The van der Waals surface area contributed by atoms with Gasteiger partial charge in [-0.3, -0.25) is 0 Å². The second-order valence-electron chi connectivity index (χ2n) is 5.27. The molecule has 15 heavy (non-hydrogen) atoms. The first-order valence-corrected chi connectivity index (χ1v) is 5.44. The Morgan fingerprint density at radius 1 is 1.00 bits per heavy atom. The first-order chi connectivity index (χ1) is 6.79. The van der Waals surface area contributed by atoms with Crippen LogP contribution in [0, 0.1) is 20.8 Å². The van der Waals surface area contributed by atoms with Crippen LogP contribution in [-0.4, -0.2) is 7.11 Å². The zero-order valence-electron chi connectivity index (χ0n) is 11.0. The Kier molecular flexibility index (Phi) is 3.13. The van der Waals surface area contributed by atoms with Gasteiger partial charge >= 0.3 is 0 Å². The van der Waals surface area contributed by atoms with Crippen LogP contribution in [0.15, 0.2) is 6.07 Å². The molecule has 0 unspecified atom stereocenters. The molecule has 1 aromatic rings. The fraction of sp³-hybridized carbons (Fsp3) is 0.571. The summed E-state index contributed by atoms with van der Waals surface area (Å²) >= 11 is 0. The zero-order chi connectivity index (χ0) is 11.8. The maximum absolute atomic E-state index is 5.54. The molecule has 0 saturated carbocycles. The molecular formula is C14H22O. The minimum atomic E-state index is 0.133. The van der Waals surface area contributed by atoms with Gasteiger partial charge in [-0.25, -0.2) is 0 Å². The molecule has 0 bridgehead atoms. The van der Waals surface area contributed by atoms with Crippen molar-refractivity contribution in [2.24, 2.45) is 0 Å². The highest BCUT2D eigenvalue weighted by Gasteiger charge is 2.21. The molecule has 0 heterocycles. The van der Waals surface area contributed by atoms with E-state index in [2.05, 4.69) is 47.6 Å². The topological polar surface area (TPSA) is 9.23 Å². The van der Waals surface area contributed by atoms with Crippen LogP contribution in [0.5, 0.6) is 5.75 Å². The molecule has 0 radical (unpaired) electrons. The third kappa shape index (κ3) is 2.17. The Morgan fingerprint density at radius 3 is 1.93 bits per heavy atom. The lowest BCUT2D eigenvalue weighted by molar-refractivity contribution is 0.394. The number of aryl methyl sites for hydroxylation is 1. The average Bonchev–Trinajstić information content (AvgIpc) is 2.12. The van der Waals surface area contributed by atoms with E-state index in [0.717, 1.165) is 5.75 Å². The first kappa shape index (κ1) is 12.1. The van der Waals surface area contributed by atoms with Crippen LogP contribution >= 0.6 is 0 Å². The number of methoxy groups -OCH3 is 1. The molecular weight excluding hydrogens is 184 g/mol. The summed E-state index contributed by atoms with van der Waals surface area (Å²) in [7, 11) is 1.76. The van der Waals surface area contributed by atoms with Gasteiger partial charge in [0, 0.05) is 5.56 Å². The smallest absolute Gasteiger partial charge is 0.125 e. The highest BCUT2D eigenvalue weighted by atomic mass is 16.5. The van der Waals surface area contributed by atoms with Gasteiger partial charge < -0.3 is 4.74 Å². The molecule has 0 aliphatic rings. The lowest BCUT2D eigenvalue weighted by Crippen LogP contribution is -2.14. The fourth-order valence-corrected chi connectivity index (χ4v) is 1.88. The molecule has 0 aliphatic heterocycles. The SMILES string of the molecule is COc1c(C(C)(C)C)cc(C)c(C)c1C. The Balaban J connectivity index is 3.53. The van der Waals surface area contributed by atoms with E-state index in [1.807, 2.05) is 0 Å². The summed E-state index contributed by atoms with van der Waals surface area (Å²) in [6, 6.07) is 2.25. The molecule has 84 valence electrons. The van der Waals surface area contributed by atoms with Crippen molar-refractivity contribution in [3.8, 4) is 5.75 Å². The second-order valence-corrected chi connectivity index (χ2v) is 5.27. The number of hydrogen-bond acceptors (Lipinski definition) is 1. The molecule has 0 amide bonds. The van der Waals surface area contributed by atoms with Crippen LogP contribution in [0.4, 0.5) is 0 Å². The van der Waals surface area contributed by atoms with Crippen molar-refractivity contribution in [3.63, 3.8) is 0 Å². The van der Waals surface area contributed by atoms with Gasteiger partial charge in [-0.15, -0.1) is 0 Å². The third-order valence-electron chi connectivity index (χ3n) is 3.11. The van der Waals surface area contributed by atoms with Crippen LogP contribution in [0.1, 0.15) is 43.0 Å². The molecule has 1 heteroatoms. The Bertz CT molecular complexity index is 370. The molecule has 1 nitrogen and oxygen atoms in total. The number of ether oxygens (including phenoxy) is 1. The van der Waals surface area contributed by atoms with Crippen LogP contribution in [0.25, 0.3) is 0 Å². The largest absolute Gasteiger partial charge is 0.496 e. The standard InChI is InChI=1S/C14H22O/c1-9-8-12(14(4,5)6)13(15-7)11(3)10(9)2/h8H,1-7H3. The van der Waals surface area contributed by atoms with Gasteiger partial charge in [-0.1, -0.05) is 26.8 Å². The fourth-order valence-electron chi connectivity index (χ4n) is 1.88. The van der Waals surface area contributed by atoms with Crippen molar-refractivity contribution in [1.82, 2.24) is 0 Å². The van der Waals surface area contributed by atoms with Gasteiger partial charge in [0.2, 0.25) is 0 Å². The molecule has 0 N–H and O–H groups in total. The van der Waals surface area contributed by atoms with E-state index in [0.29, 0.717) is 0 Å². The molecule has 0 saturated heterocycles. The Hall–Kier alpha value is -0.980. The molecule has 1 rings (SSSR count). The number of benzene rings is 1. The summed E-state index contributed by atoms with van der Waals surface area (Å²) in [6.45, 7) is 13.1. The van der Waals surface area contributed by atoms with Crippen molar-refractivity contribution < 1.29 is 4.74 Å². The van der Waals surface area contributed by atoms with Gasteiger partial charge in [0.1, 0.15) is 5.75 Å². The van der Waals surface area contributed by atoms with Gasteiger partial charge in [0.25, 0.3) is 0 Å². The predicted molar refractivity (Wildman–Crippen MR) is 65.9 cm³/mol. The summed E-state index contributed by atoms with van der Waals surface area (Å²) < 4.78 is 5.54. The summed E-state index contributed by atoms with van der Waals surface area (Å²) in [6.07, 6.45) is 0. The predicted octanol–water partition coefficient (Wildman–Crippen LogP) is 3.92. The van der Waals surface area contributed by atoms with E-state index in [-0.39, 0.29) is 5.41 Å². The summed E-state index contributed by atoms with van der Waals surface area (Å²) in [5.41, 5.74) is 5.38. The normalized spacial score (nSPS) is 11.7. The van der Waals surface area contributed by atoms with Crippen molar-refractivity contribution in [1.29, 1.82) is 0 Å². The highest BCUT2D eigenvalue weighted by Crippen LogP contribution is 2.36. The quantitative estimate of drug-likeness (QED) is 0.676. The van der Waals surface area contributed by atoms with Crippen molar-refractivity contribution in [2.75, 3.05) is 7.11 Å². The minimum absolute atomic E-state index is 0.133. The molecule has 0 atom stereocenters. The number of rotatable bonds is 1. The molecule has 0 spiro atoms. The van der Waals surface area contributed by atoms with E-state index >= 15 is 0 Å². The van der Waals surface area contributed by atoms with Gasteiger partial charge in [0.15, 0.2) is 0 Å². The van der Waals surface area contributed by atoms with Crippen LogP contribution in [0.2, 0.25) is 0 Å². The van der Waals surface area contributed by atoms with E-state index in [1.54, 1.807) is 7.11 Å². The average molecular weight is 206 g/mol. The van der Waals surface area contributed by atoms with Crippen molar-refractivity contribution >= 4 is 0 Å².